The van der Waals surface area contributed by atoms with Crippen molar-refractivity contribution in [2.45, 2.75) is 19.4 Å². The van der Waals surface area contributed by atoms with Crippen LogP contribution in [0.1, 0.15) is 12.0 Å². The Morgan fingerprint density at radius 1 is 1.50 bits per heavy atom. The number of benzene rings is 1. The Balaban J connectivity index is 2.10. The number of halogens is 1. The molecule has 1 fully saturated rings. The summed E-state index contributed by atoms with van der Waals surface area (Å²) in [6, 6.07) is 6.14. The Morgan fingerprint density at radius 2 is 2.36 bits per heavy atom. The molecule has 2 rings (SSSR count). The summed E-state index contributed by atoms with van der Waals surface area (Å²) in [5.41, 5.74) is 1.19. The van der Waals surface area contributed by atoms with Crippen LogP contribution in [-0.2, 0) is 0 Å². The minimum absolute atomic E-state index is 0.336. The van der Waals surface area contributed by atoms with Crippen LogP contribution >= 0.6 is 15.9 Å². The van der Waals surface area contributed by atoms with Gasteiger partial charge in [-0.05, 0) is 37.6 Å². The second-order valence-corrected chi connectivity index (χ2v) is 4.56. The predicted octanol–water partition coefficient (Wildman–Crippen LogP) is 2.50. The summed E-state index contributed by atoms with van der Waals surface area (Å²) in [5, 5.41) is 3.29. The number of hydrogen-bond acceptors (Lipinski definition) is 2. The van der Waals surface area contributed by atoms with Crippen molar-refractivity contribution in [3.8, 4) is 5.75 Å². The Bertz CT molecular complexity index is 321. The molecule has 0 aromatic heterocycles. The van der Waals surface area contributed by atoms with Gasteiger partial charge in [-0.15, -0.1) is 0 Å². The lowest BCUT2D eigenvalue weighted by molar-refractivity contribution is 0.221. The van der Waals surface area contributed by atoms with E-state index in [1.54, 1.807) is 0 Å². The number of hydrogen-bond donors (Lipinski definition) is 1. The van der Waals surface area contributed by atoms with Gasteiger partial charge in [0.25, 0.3) is 0 Å². The highest BCUT2D eigenvalue weighted by Gasteiger charge is 2.16. The van der Waals surface area contributed by atoms with Crippen LogP contribution in [-0.4, -0.2) is 19.2 Å². The SMILES string of the molecule is Cc1ccc(Br)cc1O[C@H]1CCNC1. The van der Waals surface area contributed by atoms with Gasteiger partial charge in [0.1, 0.15) is 11.9 Å². The van der Waals surface area contributed by atoms with E-state index in [0.29, 0.717) is 6.10 Å². The zero-order valence-electron chi connectivity index (χ0n) is 8.22. The summed E-state index contributed by atoms with van der Waals surface area (Å²) in [6.45, 7) is 4.10. The summed E-state index contributed by atoms with van der Waals surface area (Å²) in [7, 11) is 0. The summed E-state index contributed by atoms with van der Waals surface area (Å²) in [4.78, 5) is 0. The largest absolute Gasteiger partial charge is 0.489 e. The van der Waals surface area contributed by atoms with Crippen molar-refractivity contribution < 1.29 is 4.74 Å². The van der Waals surface area contributed by atoms with E-state index >= 15 is 0 Å². The average Bonchev–Trinajstić information content (AvgIpc) is 2.64. The number of rotatable bonds is 2. The molecule has 0 radical (unpaired) electrons. The van der Waals surface area contributed by atoms with Gasteiger partial charge in [0.2, 0.25) is 0 Å². The van der Waals surface area contributed by atoms with Crippen LogP contribution in [0.5, 0.6) is 5.75 Å². The molecule has 1 N–H and O–H groups in total. The van der Waals surface area contributed by atoms with Crippen LogP contribution in [0.4, 0.5) is 0 Å². The standard InChI is InChI=1S/C11H14BrNO/c1-8-2-3-9(12)6-11(8)14-10-4-5-13-7-10/h2-3,6,10,13H,4-5,7H2,1H3/t10-/m0/s1. The zero-order valence-corrected chi connectivity index (χ0v) is 9.80. The van der Waals surface area contributed by atoms with E-state index in [4.69, 9.17) is 4.74 Å². The average molecular weight is 256 g/mol. The van der Waals surface area contributed by atoms with Crippen LogP contribution < -0.4 is 10.1 Å². The minimum atomic E-state index is 0.336. The van der Waals surface area contributed by atoms with Gasteiger partial charge in [0.05, 0.1) is 0 Å². The van der Waals surface area contributed by atoms with Gasteiger partial charge >= 0.3 is 0 Å². The van der Waals surface area contributed by atoms with Crippen molar-refractivity contribution in [2.75, 3.05) is 13.1 Å². The fourth-order valence-corrected chi connectivity index (χ4v) is 1.95. The summed E-state index contributed by atoms with van der Waals surface area (Å²) >= 11 is 3.45. The molecule has 0 bridgehead atoms. The molecule has 1 aromatic rings. The minimum Gasteiger partial charge on any atom is -0.489 e. The van der Waals surface area contributed by atoms with Crippen LogP contribution in [0, 0.1) is 6.92 Å². The fourth-order valence-electron chi connectivity index (χ4n) is 1.61. The first kappa shape index (κ1) is 9.99. The van der Waals surface area contributed by atoms with E-state index in [-0.39, 0.29) is 0 Å². The lowest BCUT2D eigenvalue weighted by Crippen LogP contribution is -2.19. The highest BCUT2D eigenvalue weighted by Crippen LogP contribution is 2.24. The summed E-state index contributed by atoms with van der Waals surface area (Å²) in [6.07, 6.45) is 1.44. The first-order valence-corrected chi connectivity index (χ1v) is 5.68. The molecule has 0 unspecified atom stereocenters. The van der Waals surface area contributed by atoms with Gasteiger partial charge in [0, 0.05) is 11.0 Å². The van der Waals surface area contributed by atoms with Gasteiger partial charge in [-0.2, -0.15) is 0 Å². The van der Waals surface area contributed by atoms with Crippen molar-refractivity contribution in [3.63, 3.8) is 0 Å². The maximum atomic E-state index is 5.89. The monoisotopic (exact) mass is 255 g/mol. The van der Waals surface area contributed by atoms with Gasteiger partial charge in [-0.1, -0.05) is 22.0 Å². The number of ether oxygens (including phenoxy) is 1. The number of aryl methyl sites for hydroxylation is 1. The van der Waals surface area contributed by atoms with Crippen molar-refractivity contribution in [3.05, 3.63) is 28.2 Å². The normalized spacial score (nSPS) is 21.1. The van der Waals surface area contributed by atoms with Crippen LogP contribution in [0.3, 0.4) is 0 Å². The molecule has 0 aliphatic carbocycles. The van der Waals surface area contributed by atoms with E-state index in [9.17, 15) is 0 Å². The lowest BCUT2D eigenvalue weighted by atomic mass is 10.2. The molecule has 2 nitrogen and oxygen atoms in total. The maximum Gasteiger partial charge on any atom is 0.123 e. The topological polar surface area (TPSA) is 21.3 Å². The molecule has 3 heteroatoms. The van der Waals surface area contributed by atoms with Gasteiger partial charge < -0.3 is 10.1 Å². The molecule has 1 atom stereocenters. The molecule has 76 valence electrons. The molecular formula is C11H14BrNO. The molecule has 1 aromatic carbocycles. The zero-order chi connectivity index (χ0) is 9.97. The van der Waals surface area contributed by atoms with Crippen molar-refractivity contribution in [1.29, 1.82) is 0 Å². The van der Waals surface area contributed by atoms with Crippen LogP contribution in [0.25, 0.3) is 0 Å². The first-order chi connectivity index (χ1) is 6.75. The Hall–Kier alpha value is -0.540. The molecule has 1 aliphatic heterocycles. The third kappa shape index (κ3) is 2.28. The van der Waals surface area contributed by atoms with Gasteiger partial charge in [0.15, 0.2) is 0 Å². The van der Waals surface area contributed by atoms with Crippen LogP contribution in [0.2, 0.25) is 0 Å². The molecule has 1 saturated heterocycles. The quantitative estimate of drug-likeness (QED) is 0.877. The summed E-state index contributed by atoms with van der Waals surface area (Å²) in [5.74, 6) is 0.994. The second-order valence-electron chi connectivity index (χ2n) is 3.64. The second kappa shape index (κ2) is 4.32. The predicted molar refractivity (Wildman–Crippen MR) is 60.8 cm³/mol. The van der Waals surface area contributed by atoms with Crippen LogP contribution in [0.15, 0.2) is 22.7 Å². The molecule has 1 aliphatic rings. The first-order valence-electron chi connectivity index (χ1n) is 4.89. The van der Waals surface area contributed by atoms with E-state index in [2.05, 4.69) is 34.2 Å². The molecule has 0 spiro atoms. The molecule has 0 amide bonds. The van der Waals surface area contributed by atoms with E-state index in [1.807, 2.05) is 12.1 Å². The third-order valence-electron chi connectivity index (χ3n) is 2.46. The Kier molecular flexibility index (Phi) is 3.08. The highest BCUT2D eigenvalue weighted by molar-refractivity contribution is 9.10. The maximum absolute atomic E-state index is 5.89. The van der Waals surface area contributed by atoms with E-state index < -0.39 is 0 Å². The molecule has 14 heavy (non-hydrogen) atoms. The van der Waals surface area contributed by atoms with E-state index in [0.717, 1.165) is 29.7 Å². The smallest absolute Gasteiger partial charge is 0.123 e. The number of nitrogens with one attached hydrogen (secondary N) is 1. The van der Waals surface area contributed by atoms with Gasteiger partial charge in [-0.3, -0.25) is 0 Å². The molecular weight excluding hydrogens is 242 g/mol. The van der Waals surface area contributed by atoms with Crippen molar-refractivity contribution >= 4 is 15.9 Å². The lowest BCUT2D eigenvalue weighted by Gasteiger charge is -2.14. The van der Waals surface area contributed by atoms with E-state index in [1.165, 1.54) is 5.56 Å². The third-order valence-corrected chi connectivity index (χ3v) is 2.95. The summed E-state index contributed by atoms with van der Waals surface area (Å²) < 4.78 is 6.97. The Morgan fingerprint density at radius 3 is 3.07 bits per heavy atom. The highest BCUT2D eigenvalue weighted by atomic mass is 79.9. The molecule has 1 heterocycles. The van der Waals surface area contributed by atoms with Crippen molar-refractivity contribution in [1.82, 2.24) is 5.32 Å². The Labute approximate surface area is 92.8 Å². The molecule has 0 saturated carbocycles. The van der Waals surface area contributed by atoms with Gasteiger partial charge in [-0.25, -0.2) is 0 Å². The fraction of sp³-hybridized carbons (Fsp3) is 0.455. The van der Waals surface area contributed by atoms with Crippen molar-refractivity contribution in [2.24, 2.45) is 0 Å².